The molecule has 1 aliphatic rings. The van der Waals surface area contributed by atoms with E-state index in [2.05, 4.69) is 0 Å². The highest BCUT2D eigenvalue weighted by atomic mass is 19.4. The molecule has 69 heavy (non-hydrogen) atoms. The van der Waals surface area contributed by atoms with Crippen molar-refractivity contribution >= 4 is 21.5 Å². The molecule has 6 aromatic carbocycles. The Morgan fingerprint density at radius 3 is 1.06 bits per heavy atom. The number of halogens is 18. The lowest BCUT2D eigenvalue weighted by atomic mass is 9.67. The predicted octanol–water partition coefficient (Wildman–Crippen LogP) is 13.6. The van der Waals surface area contributed by atoms with E-state index < -0.39 is 91.6 Å². The first-order valence-corrected chi connectivity index (χ1v) is 20.1. The van der Waals surface area contributed by atoms with Crippen LogP contribution in [0.1, 0.15) is 35.1 Å². The molecule has 2 atom stereocenters. The third kappa shape index (κ3) is 8.54. The molecule has 0 aliphatic heterocycles. The van der Waals surface area contributed by atoms with Gasteiger partial charge in [0.2, 0.25) is 0 Å². The minimum Gasteiger partial charge on any atom is -0.491 e. The normalized spacial score (nSPS) is 15.8. The van der Waals surface area contributed by atoms with Gasteiger partial charge in [0.25, 0.3) is 0 Å². The highest BCUT2D eigenvalue weighted by molar-refractivity contribution is 5.92. The van der Waals surface area contributed by atoms with Gasteiger partial charge in [-0.1, -0.05) is 84.9 Å². The van der Waals surface area contributed by atoms with Gasteiger partial charge in [0.1, 0.15) is 24.7 Å². The van der Waals surface area contributed by atoms with Gasteiger partial charge in [-0.05, 0) is 91.3 Å². The van der Waals surface area contributed by atoms with Crippen LogP contribution in [0.5, 0.6) is 11.5 Å². The van der Waals surface area contributed by atoms with Gasteiger partial charge in [0.05, 0.1) is 17.6 Å². The summed E-state index contributed by atoms with van der Waals surface area (Å²) in [6.45, 7) is -2.42. The van der Waals surface area contributed by atoms with Gasteiger partial charge < -0.3 is 19.7 Å². The maximum absolute atomic E-state index is 14.1. The molecule has 0 saturated heterocycles. The van der Waals surface area contributed by atoms with Gasteiger partial charge in [-0.25, -0.2) is 0 Å². The Morgan fingerprint density at radius 2 is 0.710 bits per heavy atom. The van der Waals surface area contributed by atoms with Crippen LogP contribution >= 0.6 is 0 Å². The zero-order chi connectivity index (χ0) is 51.0. The van der Waals surface area contributed by atoms with E-state index in [-0.39, 0.29) is 11.5 Å². The van der Waals surface area contributed by atoms with Crippen molar-refractivity contribution in [3.63, 3.8) is 0 Å². The van der Waals surface area contributed by atoms with Crippen LogP contribution < -0.4 is 9.47 Å². The molecule has 0 spiro atoms. The van der Waals surface area contributed by atoms with E-state index in [9.17, 15) is 89.2 Å². The summed E-state index contributed by atoms with van der Waals surface area (Å²) in [6.07, 6.45) is -24.3. The first-order chi connectivity index (χ1) is 31.8. The van der Waals surface area contributed by atoms with Crippen LogP contribution in [-0.4, -0.2) is 83.5 Å². The van der Waals surface area contributed by atoms with Crippen molar-refractivity contribution in [3.05, 3.63) is 144 Å². The van der Waals surface area contributed by atoms with Crippen LogP contribution in [0.25, 0.3) is 32.7 Å². The van der Waals surface area contributed by atoms with Crippen LogP contribution in [-0.2, 0) is 5.41 Å². The van der Waals surface area contributed by atoms with Gasteiger partial charge in [-0.15, -0.1) is 0 Å². The Balaban J connectivity index is 1.16. The molecule has 0 saturated carbocycles. The molecule has 7 rings (SSSR count). The van der Waals surface area contributed by atoms with Crippen LogP contribution in [0.4, 0.5) is 79.0 Å². The molecule has 2 unspecified atom stereocenters. The topological polar surface area (TPSA) is 58.9 Å². The molecule has 22 heteroatoms. The van der Waals surface area contributed by atoms with E-state index >= 15 is 0 Å². The Bertz CT molecular complexity index is 2660. The molecule has 6 aromatic rings. The summed E-state index contributed by atoms with van der Waals surface area (Å²) in [7, 11) is 0. The quantitative estimate of drug-likeness (QED) is 0.0947. The largest absolute Gasteiger partial charge is 0.491 e. The number of ether oxygens (including phenoxy) is 2. The first-order valence-electron chi connectivity index (χ1n) is 20.1. The van der Waals surface area contributed by atoms with E-state index in [4.69, 9.17) is 9.47 Å². The fraction of sp³-hybridized carbons (Fsp3) is 0.319. The standard InChI is InChI=1S/C47H32F18O4/c48-39(49,42(52,53)44(56,57)46(60,61)62)21-31(66)23-68-33-15-11-25-17-29(13-9-27(25)19-33)41(37-7-3-1-5-35(37)36-6-2-4-8-38(36)41)30-14-10-28-20-34(16-12-26(28)18-30)69-24-32(67)22-40(50,51)43(54,55)45(58,59)47(63,64)65/h1-20,31-32,66-67H,21-24H2. The first kappa shape index (κ1) is 51.0. The van der Waals surface area contributed by atoms with Crippen LogP contribution in [0.15, 0.2) is 121 Å². The minimum absolute atomic E-state index is 0.131. The number of aliphatic hydroxyl groups is 2. The van der Waals surface area contributed by atoms with E-state index in [1.165, 1.54) is 36.4 Å². The summed E-state index contributed by atoms with van der Waals surface area (Å²) in [6, 6.07) is 33.7. The predicted molar refractivity (Wildman–Crippen MR) is 213 cm³/mol. The monoisotopic (exact) mass is 1000 g/mol. The summed E-state index contributed by atoms with van der Waals surface area (Å²) in [5, 5.41) is 22.0. The fourth-order valence-electron chi connectivity index (χ4n) is 8.28. The highest BCUT2D eigenvalue weighted by Crippen LogP contribution is 2.58. The third-order valence-electron chi connectivity index (χ3n) is 11.7. The molecule has 4 nitrogen and oxygen atoms in total. The van der Waals surface area contributed by atoms with Crippen molar-refractivity contribution in [2.24, 2.45) is 0 Å². The second kappa shape index (κ2) is 17.2. The average Bonchev–Trinajstić information content (AvgIpc) is 3.57. The lowest BCUT2D eigenvalue weighted by Gasteiger charge is -2.34. The number of alkyl halides is 18. The molecule has 0 radical (unpaired) electrons. The number of hydrogen-bond acceptors (Lipinski definition) is 4. The molecule has 0 heterocycles. The number of hydrogen-bond donors (Lipinski definition) is 2. The summed E-state index contributed by atoms with van der Waals surface area (Å²) in [5.41, 5.74) is 3.62. The van der Waals surface area contributed by atoms with Crippen molar-refractivity contribution in [1.82, 2.24) is 0 Å². The van der Waals surface area contributed by atoms with Gasteiger partial charge in [0, 0.05) is 12.8 Å². The van der Waals surface area contributed by atoms with E-state index in [0.29, 0.717) is 32.7 Å². The van der Waals surface area contributed by atoms with E-state index in [1.54, 1.807) is 24.3 Å². The molecule has 0 fully saturated rings. The molecule has 2 N–H and O–H groups in total. The highest BCUT2D eigenvalue weighted by Gasteiger charge is 2.82. The molecule has 370 valence electrons. The van der Waals surface area contributed by atoms with Crippen molar-refractivity contribution in [2.45, 2.75) is 78.4 Å². The molecule has 1 aliphatic carbocycles. The molecular weight excluding hydrogens is 970 g/mol. The second-order valence-corrected chi connectivity index (χ2v) is 16.3. The minimum atomic E-state index is -7.12. The Kier molecular flexibility index (Phi) is 12.7. The van der Waals surface area contributed by atoms with Crippen LogP contribution in [0.2, 0.25) is 0 Å². The van der Waals surface area contributed by atoms with Crippen molar-refractivity contribution in [2.75, 3.05) is 13.2 Å². The Hall–Kier alpha value is -5.90. The molecule has 0 aromatic heterocycles. The van der Waals surface area contributed by atoms with E-state index in [1.807, 2.05) is 60.7 Å². The summed E-state index contributed by atoms with van der Waals surface area (Å²) in [5.74, 6) is -40.4. The Labute approximate surface area is 377 Å². The van der Waals surface area contributed by atoms with Gasteiger partial charge in [-0.3, -0.25) is 0 Å². The molecule has 0 amide bonds. The third-order valence-corrected chi connectivity index (χ3v) is 11.7. The number of fused-ring (bicyclic) bond motifs is 5. The van der Waals surface area contributed by atoms with Crippen molar-refractivity contribution < 1.29 is 98.7 Å². The van der Waals surface area contributed by atoms with Crippen molar-refractivity contribution in [3.8, 4) is 22.6 Å². The van der Waals surface area contributed by atoms with E-state index in [0.717, 1.165) is 22.3 Å². The summed E-state index contributed by atoms with van der Waals surface area (Å²) >= 11 is 0. The molecule has 0 bridgehead atoms. The van der Waals surface area contributed by atoms with Gasteiger partial charge in [-0.2, -0.15) is 79.0 Å². The summed E-state index contributed by atoms with van der Waals surface area (Å²) < 4.78 is 251. The van der Waals surface area contributed by atoms with Crippen molar-refractivity contribution in [1.29, 1.82) is 0 Å². The number of rotatable bonds is 16. The average molecular weight is 1000 g/mol. The van der Waals surface area contributed by atoms with Gasteiger partial charge >= 0.3 is 47.9 Å². The lowest BCUT2D eigenvalue weighted by molar-refractivity contribution is -0.398. The maximum atomic E-state index is 14.1. The Morgan fingerprint density at radius 1 is 0.391 bits per heavy atom. The fourth-order valence-corrected chi connectivity index (χ4v) is 8.28. The van der Waals surface area contributed by atoms with Crippen LogP contribution in [0, 0.1) is 0 Å². The van der Waals surface area contributed by atoms with Crippen LogP contribution in [0.3, 0.4) is 0 Å². The SMILES string of the molecule is OC(COc1ccc2cc(C3(c4ccc5cc(OCC(O)CC(F)(F)C(F)(F)C(F)(F)C(F)(F)F)ccc5c4)c4ccccc4-c4ccccc43)ccc2c1)CC(F)(F)C(F)(F)C(F)(F)C(F)(F)F. The molecular formula is C47H32F18O4. The second-order valence-electron chi connectivity index (χ2n) is 16.3. The smallest absolute Gasteiger partial charge is 0.460 e. The summed E-state index contributed by atoms with van der Waals surface area (Å²) in [4.78, 5) is 0. The zero-order valence-corrected chi connectivity index (χ0v) is 34.5. The maximum Gasteiger partial charge on any atom is 0.460 e. The zero-order valence-electron chi connectivity index (χ0n) is 34.5. The number of benzene rings is 6. The lowest BCUT2D eigenvalue weighted by Crippen LogP contribution is -2.61. The van der Waals surface area contributed by atoms with Gasteiger partial charge in [0.15, 0.2) is 0 Å². The number of aliphatic hydroxyl groups excluding tert-OH is 2.